The van der Waals surface area contributed by atoms with Crippen LogP contribution in [0, 0.1) is 23.2 Å². The third-order valence-electron chi connectivity index (χ3n) is 9.16. The maximum Gasteiger partial charge on any atom is 0.267 e. The van der Waals surface area contributed by atoms with Crippen molar-refractivity contribution in [2.24, 2.45) is 23.2 Å². The Bertz CT molecular complexity index is 1360. The highest BCUT2D eigenvalue weighted by Gasteiger charge is 2.54. The molecule has 1 aromatic heterocycles. The fourth-order valence-electron chi connectivity index (χ4n) is 7.01. The van der Waals surface area contributed by atoms with Crippen LogP contribution >= 0.6 is 23.1 Å². The van der Waals surface area contributed by atoms with Gasteiger partial charge in [-0.05, 0) is 48.6 Å². The highest BCUT2D eigenvalue weighted by molar-refractivity contribution is 7.99. The number of anilines is 1. The van der Waals surface area contributed by atoms with E-state index in [2.05, 4.69) is 18.6 Å². The molecule has 2 heterocycles. The molecule has 1 aromatic carbocycles. The SMILES string of the molecule is COc1ccc(OC)c(S(=O)(=O)Nc2nc3c(s2)CC2(C)CCC(C(C)C(=O)N4CCSCC4)C(O)C2C3C)c1. The number of nitrogens with zero attached hydrogens (tertiary/aromatic N) is 2. The molecular weight excluding hydrogens is 571 g/mol. The number of hydrogen-bond donors (Lipinski definition) is 2. The number of fused-ring (bicyclic) bond motifs is 2. The zero-order valence-corrected chi connectivity index (χ0v) is 26.1. The number of benzene rings is 1. The molecule has 2 fully saturated rings. The molecule has 2 aromatic rings. The van der Waals surface area contributed by atoms with Crippen LogP contribution in [-0.4, -0.2) is 74.2 Å². The second-order valence-electron chi connectivity index (χ2n) is 11.5. The number of rotatable bonds is 7. The number of carbonyl (C=O) groups excluding carboxylic acids is 1. The summed E-state index contributed by atoms with van der Waals surface area (Å²) in [6, 6.07) is 4.62. The van der Waals surface area contributed by atoms with Gasteiger partial charge in [-0.3, -0.25) is 9.52 Å². The van der Waals surface area contributed by atoms with Crippen LogP contribution in [0.4, 0.5) is 5.13 Å². The van der Waals surface area contributed by atoms with Crippen molar-refractivity contribution in [2.45, 2.75) is 57.0 Å². The van der Waals surface area contributed by atoms with Gasteiger partial charge in [0.15, 0.2) is 5.13 Å². The van der Waals surface area contributed by atoms with Crippen molar-refractivity contribution in [1.82, 2.24) is 9.88 Å². The largest absolute Gasteiger partial charge is 0.497 e. The number of aromatic nitrogens is 1. The number of aliphatic hydroxyl groups excluding tert-OH is 1. The minimum absolute atomic E-state index is 0.0274. The smallest absolute Gasteiger partial charge is 0.267 e. The first-order chi connectivity index (χ1) is 19.0. The van der Waals surface area contributed by atoms with Crippen molar-refractivity contribution in [2.75, 3.05) is 43.5 Å². The lowest BCUT2D eigenvalue weighted by Crippen LogP contribution is -2.54. The van der Waals surface area contributed by atoms with Crippen LogP contribution in [0.2, 0.25) is 0 Å². The summed E-state index contributed by atoms with van der Waals surface area (Å²) in [6.45, 7) is 7.81. The minimum Gasteiger partial charge on any atom is -0.497 e. The lowest BCUT2D eigenvalue weighted by molar-refractivity contribution is -0.144. The summed E-state index contributed by atoms with van der Waals surface area (Å²) in [7, 11) is -1.10. The number of aliphatic hydroxyl groups is 1. The van der Waals surface area contributed by atoms with Crippen molar-refractivity contribution < 1.29 is 27.8 Å². The minimum atomic E-state index is -4.00. The second kappa shape index (κ2) is 11.3. The normalized spacial score (nSPS) is 29.2. The predicted octanol–water partition coefficient (Wildman–Crippen LogP) is 4.23. The molecule has 220 valence electrons. The summed E-state index contributed by atoms with van der Waals surface area (Å²) in [5.74, 6) is 2.18. The summed E-state index contributed by atoms with van der Waals surface area (Å²) in [6.07, 6.45) is 1.77. The van der Waals surface area contributed by atoms with Crippen molar-refractivity contribution in [3.05, 3.63) is 28.8 Å². The third kappa shape index (κ3) is 5.32. The number of methoxy groups -OCH3 is 2. The van der Waals surface area contributed by atoms with E-state index in [4.69, 9.17) is 14.5 Å². The van der Waals surface area contributed by atoms with E-state index in [9.17, 15) is 18.3 Å². The molecule has 1 saturated carbocycles. The molecule has 12 heteroatoms. The van der Waals surface area contributed by atoms with E-state index < -0.39 is 16.1 Å². The van der Waals surface area contributed by atoms with E-state index in [1.54, 1.807) is 12.1 Å². The number of amides is 1. The molecule has 0 radical (unpaired) electrons. The zero-order chi connectivity index (χ0) is 28.8. The molecule has 6 atom stereocenters. The van der Waals surface area contributed by atoms with E-state index in [-0.39, 0.29) is 45.6 Å². The van der Waals surface area contributed by atoms with Gasteiger partial charge in [0.2, 0.25) is 5.91 Å². The number of sulfonamides is 1. The lowest BCUT2D eigenvalue weighted by Gasteiger charge is -2.53. The number of thiazole rings is 1. The quantitative estimate of drug-likeness (QED) is 0.479. The van der Waals surface area contributed by atoms with Crippen LogP contribution in [0.25, 0.3) is 0 Å². The zero-order valence-electron chi connectivity index (χ0n) is 23.7. The fourth-order valence-corrected chi connectivity index (χ4v) is 10.6. The van der Waals surface area contributed by atoms with Crippen LogP contribution in [0.1, 0.15) is 50.1 Å². The number of thioether (sulfide) groups is 1. The predicted molar refractivity (Wildman–Crippen MR) is 158 cm³/mol. The third-order valence-corrected chi connectivity index (χ3v) is 12.6. The summed E-state index contributed by atoms with van der Waals surface area (Å²) >= 11 is 3.23. The highest BCUT2D eigenvalue weighted by atomic mass is 32.2. The van der Waals surface area contributed by atoms with Crippen molar-refractivity contribution >= 4 is 44.2 Å². The van der Waals surface area contributed by atoms with Gasteiger partial charge in [0, 0.05) is 47.4 Å². The van der Waals surface area contributed by atoms with Gasteiger partial charge in [-0.25, -0.2) is 13.4 Å². The lowest BCUT2D eigenvalue weighted by atomic mass is 9.53. The van der Waals surface area contributed by atoms with Crippen molar-refractivity contribution in [3.8, 4) is 11.5 Å². The topological polar surface area (TPSA) is 118 Å². The maximum atomic E-state index is 13.4. The highest BCUT2D eigenvalue weighted by Crippen LogP contribution is 2.57. The van der Waals surface area contributed by atoms with E-state index in [0.717, 1.165) is 48.0 Å². The molecule has 0 spiro atoms. The first-order valence-corrected chi connectivity index (χ1v) is 17.2. The van der Waals surface area contributed by atoms with Gasteiger partial charge in [0.25, 0.3) is 10.0 Å². The standard InChI is InChI=1S/C28H39N3O6S3/c1-16(26(33)31-10-12-38-13-11-31)19-8-9-28(3)15-21-24(17(2)23(28)25(19)32)29-27(39-21)30-40(34,35)22-14-18(36-4)6-7-20(22)37-5/h6-7,14,16-17,19,23,25,32H,8-13,15H2,1-5H3,(H,29,30). The molecule has 1 amide bonds. The van der Waals surface area contributed by atoms with E-state index in [1.807, 2.05) is 23.6 Å². The summed E-state index contributed by atoms with van der Waals surface area (Å²) in [4.78, 5) is 21.0. The van der Waals surface area contributed by atoms with Gasteiger partial charge in [0.1, 0.15) is 16.4 Å². The Kier molecular flexibility index (Phi) is 8.35. The molecule has 40 heavy (non-hydrogen) atoms. The Morgan fingerprint density at radius 2 is 1.98 bits per heavy atom. The summed E-state index contributed by atoms with van der Waals surface area (Å²) in [5.41, 5.74) is 0.667. The molecule has 2 aliphatic carbocycles. The van der Waals surface area contributed by atoms with Crippen LogP contribution in [0.5, 0.6) is 11.5 Å². The van der Waals surface area contributed by atoms with Crippen molar-refractivity contribution in [3.63, 3.8) is 0 Å². The summed E-state index contributed by atoms with van der Waals surface area (Å²) in [5, 5.41) is 12.0. The Morgan fingerprint density at radius 3 is 2.65 bits per heavy atom. The molecule has 3 aliphatic rings. The molecule has 2 N–H and O–H groups in total. The monoisotopic (exact) mass is 609 g/mol. The van der Waals surface area contributed by atoms with E-state index >= 15 is 0 Å². The van der Waals surface area contributed by atoms with Gasteiger partial charge in [-0.1, -0.05) is 20.8 Å². The fraction of sp³-hybridized carbons (Fsp3) is 0.643. The van der Waals surface area contributed by atoms with Crippen molar-refractivity contribution in [1.29, 1.82) is 0 Å². The number of carbonyl (C=O) groups is 1. The Balaban J connectivity index is 1.38. The first-order valence-electron chi connectivity index (χ1n) is 13.8. The van der Waals surface area contributed by atoms with Crippen LogP contribution in [-0.2, 0) is 21.2 Å². The van der Waals surface area contributed by atoms with Gasteiger partial charge < -0.3 is 19.5 Å². The van der Waals surface area contributed by atoms with Gasteiger partial charge >= 0.3 is 0 Å². The molecule has 1 saturated heterocycles. The number of hydrogen-bond acceptors (Lipinski definition) is 9. The number of nitrogens with one attached hydrogen (secondary N) is 1. The first kappa shape index (κ1) is 29.5. The van der Waals surface area contributed by atoms with Crippen LogP contribution in [0.15, 0.2) is 23.1 Å². The average molecular weight is 610 g/mol. The van der Waals surface area contributed by atoms with Gasteiger partial charge in [0.05, 0.1) is 26.0 Å². The number of ether oxygens (including phenoxy) is 2. The Hall–Kier alpha value is -2.02. The summed E-state index contributed by atoms with van der Waals surface area (Å²) < 4.78 is 39.9. The molecule has 0 bridgehead atoms. The Morgan fingerprint density at radius 1 is 1.25 bits per heavy atom. The van der Waals surface area contributed by atoms with Crippen LogP contribution in [0.3, 0.4) is 0 Å². The Labute approximate surface area is 245 Å². The molecule has 9 nitrogen and oxygen atoms in total. The second-order valence-corrected chi connectivity index (χ2v) is 15.5. The van der Waals surface area contributed by atoms with Gasteiger partial charge in [-0.15, -0.1) is 11.3 Å². The van der Waals surface area contributed by atoms with Gasteiger partial charge in [-0.2, -0.15) is 11.8 Å². The maximum absolute atomic E-state index is 13.4. The van der Waals surface area contributed by atoms with Crippen LogP contribution < -0.4 is 14.2 Å². The molecule has 5 rings (SSSR count). The average Bonchev–Trinajstić information content (AvgIpc) is 3.33. The molecular formula is C28H39N3O6S3. The molecule has 1 aliphatic heterocycles. The van der Waals surface area contributed by atoms with E-state index in [0.29, 0.717) is 17.3 Å². The van der Waals surface area contributed by atoms with E-state index in [1.165, 1.54) is 31.6 Å². The molecule has 6 unspecified atom stereocenters.